The van der Waals surface area contributed by atoms with Gasteiger partial charge in [-0.25, -0.2) is 13.4 Å². The molecule has 2 aromatic carbocycles. The highest BCUT2D eigenvalue weighted by Gasteiger charge is 2.28. The Bertz CT molecular complexity index is 1170. The van der Waals surface area contributed by atoms with Crippen molar-refractivity contribution >= 4 is 44.3 Å². The molecule has 1 aliphatic heterocycles. The number of carbonyl (C=O) groups is 1. The van der Waals surface area contributed by atoms with Gasteiger partial charge in [-0.05, 0) is 61.7 Å². The summed E-state index contributed by atoms with van der Waals surface area (Å²) in [5.74, 6) is 0.344. The number of aromatic nitrogens is 2. The number of nitrogens with zero attached hydrogens (tertiary/aromatic N) is 2. The molecule has 4 rings (SSSR count). The number of ketones is 1. The molecule has 1 N–H and O–H groups in total. The molecule has 0 bridgehead atoms. The maximum Gasteiger partial charge on any atom is 0.234 e. The second-order valence-electron chi connectivity index (χ2n) is 6.84. The number of nitrogens with one attached hydrogen (secondary N) is 1. The number of hydrogen-bond acceptors (Lipinski definition) is 5. The van der Waals surface area contributed by atoms with E-state index in [4.69, 9.17) is 0 Å². The van der Waals surface area contributed by atoms with Crippen LogP contribution in [-0.4, -0.2) is 42.2 Å². The van der Waals surface area contributed by atoms with Gasteiger partial charge in [-0.3, -0.25) is 9.10 Å². The molecule has 146 valence electrons. The number of imidazole rings is 1. The number of H-pyrrole nitrogens is 1. The van der Waals surface area contributed by atoms with Gasteiger partial charge in [0, 0.05) is 12.1 Å². The van der Waals surface area contributed by atoms with Gasteiger partial charge in [0.25, 0.3) is 0 Å². The first kappa shape index (κ1) is 19.0. The normalized spacial score (nSPS) is 13.9. The Hall–Kier alpha value is -2.32. The monoisotopic (exact) mass is 415 g/mol. The molecule has 0 spiro atoms. The van der Waals surface area contributed by atoms with E-state index in [1.807, 2.05) is 31.2 Å². The first-order valence-electron chi connectivity index (χ1n) is 9.13. The molecule has 1 aliphatic rings. The Morgan fingerprint density at radius 2 is 2.07 bits per heavy atom. The Balaban J connectivity index is 1.48. The van der Waals surface area contributed by atoms with Gasteiger partial charge in [0.05, 0.1) is 28.2 Å². The van der Waals surface area contributed by atoms with Crippen LogP contribution in [0.3, 0.4) is 0 Å². The van der Waals surface area contributed by atoms with Gasteiger partial charge in [0.2, 0.25) is 10.0 Å². The van der Waals surface area contributed by atoms with Crippen LogP contribution in [0.5, 0.6) is 0 Å². The summed E-state index contributed by atoms with van der Waals surface area (Å²) in [6.07, 6.45) is 0.631. The number of fused-ring (bicyclic) bond motifs is 2. The summed E-state index contributed by atoms with van der Waals surface area (Å²) in [4.78, 5) is 20.4. The minimum Gasteiger partial charge on any atom is -0.333 e. The Morgan fingerprint density at radius 1 is 1.25 bits per heavy atom. The summed E-state index contributed by atoms with van der Waals surface area (Å²) in [5, 5.41) is 0.718. The van der Waals surface area contributed by atoms with E-state index in [-0.39, 0.29) is 17.3 Å². The van der Waals surface area contributed by atoms with Crippen molar-refractivity contribution in [1.29, 1.82) is 0 Å². The first-order valence-corrected chi connectivity index (χ1v) is 11.7. The van der Waals surface area contributed by atoms with E-state index < -0.39 is 10.0 Å². The van der Waals surface area contributed by atoms with E-state index >= 15 is 0 Å². The minimum atomic E-state index is -3.27. The molecule has 0 saturated heterocycles. The van der Waals surface area contributed by atoms with Crippen molar-refractivity contribution in [3.05, 3.63) is 53.1 Å². The van der Waals surface area contributed by atoms with Crippen LogP contribution in [0, 0.1) is 6.92 Å². The molecule has 3 aromatic rings. The summed E-state index contributed by atoms with van der Waals surface area (Å²) < 4.78 is 25.8. The molecule has 0 radical (unpaired) electrons. The van der Waals surface area contributed by atoms with E-state index in [1.165, 1.54) is 16.1 Å². The van der Waals surface area contributed by atoms with Crippen LogP contribution in [0.1, 0.15) is 28.4 Å². The topological polar surface area (TPSA) is 83.1 Å². The van der Waals surface area contributed by atoms with Gasteiger partial charge in [-0.2, -0.15) is 0 Å². The fourth-order valence-electron chi connectivity index (χ4n) is 3.38. The third kappa shape index (κ3) is 3.54. The molecular weight excluding hydrogens is 394 g/mol. The highest BCUT2D eigenvalue weighted by atomic mass is 32.2. The summed E-state index contributed by atoms with van der Waals surface area (Å²) in [6.45, 7) is 4.11. The lowest BCUT2D eigenvalue weighted by molar-refractivity contribution is 0.102. The molecule has 0 saturated carbocycles. The van der Waals surface area contributed by atoms with Crippen LogP contribution in [-0.2, 0) is 16.4 Å². The van der Waals surface area contributed by atoms with E-state index in [0.717, 1.165) is 27.3 Å². The van der Waals surface area contributed by atoms with Gasteiger partial charge in [-0.15, -0.1) is 0 Å². The Morgan fingerprint density at radius 3 is 2.86 bits per heavy atom. The van der Waals surface area contributed by atoms with Gasteiger partial charge < -0.3 is 4.98 Å². The predicted molar refractivity (Wildman–Crippen MR) is 113 cm³/mol. The maximum atomic E-state index is 12.6. The van der Waals surface area contributed by atoms with Crippen molar-refractivity contribution in [2.45, 2.75) is 25.4 Å². The van der Waals surface area contributed by atoms with Gasteiger partial charge in [-0.1, -0.05) is 17.8 Å². The van der Waals surface area contributed by atoms with Crippen LogP contribution >= 0.6 is 11.8 Å². The molecule has 6 nitrogen and oxygen atoms in total. The molecule has 1 aromatic heterocycles. The second-order valence-corrected chi connectivity index (χ2v) is 9.99. The number of hydrogen-bond donors (Lipinski definition) is 1. The fourth-order valence-corrected chi connectivity index (χ4v) is 5.31. The number of thioether (sulfide) groups is 1. The number of rotatable bonds is 6. The number of sulfonamides is 1. The average Bonchev–Trinajstić information content (AvgIpc) is 3.29. The zero-order chi connectivity index (χ0) is 19.9. The molecule has 8 heteroatoms. The number of benzene rings is 2. The van der Waals surface area contributed by atoms with Gasteiger partial charge >= 0.3 is 0 Å². The van der Waals surface area contributed by atoms with E-state index in [1.54, 1.807) is 19.1 Å². The van der Waals surface area contributed by atoms with Crippen LogP contribution in [0.4, 0.5) is 5.69 Å². The number of aryl methyl sites for hydroxylation is 1. The number of anilines is 1. The van der Waals surface area contributed by atoms with Crippen molar-refractivity contribution in [2.24, 2.45) is 0 Å². The number of carbonyl (C=O) groups excluding carboxylic acids is 1. The van der Waals surface area contributed by atoms with E-state index in [2.05, 4.69) is 9.97 Å². The predicted octanol–water partition coefficient (Wildman–Crippen LogP) is 3.56. The first-order chi connectivity index (χ1) is 13.4. The van der Waals surface area contributed by atoms with Gasteiger partial charge in [0.1, 0.15) is 0 Å². The van der Waals surface area contributed by atoms with Crippen molar-refractivity contribution in [1.82, 2.24) is 9.97 Å². The van der Waals surface area contributed by atoms with Crippen LogP contribution in [0.2, 0.25) is 0 Å². The number of aromatic amines is 1. The fraction of sp³-hybridized carbons (Fsp3) is 0.300. The molecular formula is C20H21N3O3S2. The largest absolute Gasteiger partial charge is 0.333 e. The summed E-state index contributed by atoms with van der Waals surface area (Å²) >= 11 is 1.37. The van der Waals surface area contributed by atoms with Crippen LogP contribution in [0.15, 0.2) is 41.6 Å². The molecule has 28 heavy (non-hydrogen) atoms. The summed E-state index contributed by atoms with van der Waals surface area (Å²) in [5.41, 5.74) is 5.21. The minimum absolute atomic E-state index is 0.00114. The van der Waals surface area contributed by atoms with E-state index in [0.29, 0.717) is 24.2 Å². The molecule has 0 fully saturated rings. The second kappa shape index (κ2) is 7.25. The highest BCUT2D eigenvalue weighted by molar-refractivity contribution is 7.99. The SMILES string of the molecule is CCS(=O)(=O)N1CCc2cc(C(=O)CSc3nc4ccc(C)cc4[nH]3)ccc21. The van der Waals surface area contributed by atoms with E-state index in [9.17, 15) is 13.2 Å². The molecule has 0 unspecified atom stereocenters. The Kier molecular flexibility index (Phi) is 4.93. The summed E-state index contributed by atoms with van der Waals surface area (Å²) in [7, 11) is -3.27. The lowest BCUT2D eigenvalue weighted by Gasteiger charge is -2.18. The van der Waals surface area contributed by atoms with Crippen LogP contribution < -0.4 is 4.31 Å². The summed E-state index contributed by atoms with van der Waals surface area (Å²) in [6, 6.07) is 11.3. The standard InChI is InChI=1S/C20H21N3O3S2/c1-3-28(25,26)23-9-8-14-11-15(5-7-18(14)23)19(24)12-27-20-21-16-6-4-13(2)10-17(16)22-20/h4-7,10-11H,3,8-9,12H2,1-2H3,(H,21,22). The molecule has 2 heterocycles. The van der Waals surface area contributed by atoms with Crippen LogP contribution in [0.25, 0.3) is 11.0 Å². The zero-order valence-electron chi connectivity index (χ0n) is 15.7. The molecule has 0 amide bonds. The van der Waals surface area contributed by atoms with Crippen molar-refractivity contribution in [3.63, 3.8) is 0 Å². The maximum absolute atomic E-state index is 12.6. The van der Waals surface area contributed by atoms with Crippen molar-refractivity contribution in [3.8, 4) is 0 Å². The quantitative estimate of drug-likeness (QED) is 0.492. The molecule has 0 aliphatic carbocycles. The smallest absolute Gasteiger partial charge is 0.234 e. The lowest BCUT2D eigenvalue weighted by Crippen LogP contribution is -2.30. The zero-order valence-corrected chi connectivity index (χ0v) is 17.4. The number of Topliss-reactive ketones (excluding diaryl/α,β-unsaturated/α-hetero) is 1. The lowest BCUT2D eigenvalue weighted by atomic mass is 10.1. The highest BCUT2D eigenvalue weighted by Crippen LogP contribution is 2.32. The van der Waals surface area contributed by atoms with Crippen molar-refractivity contribution < 1.29 is 13.2 Å². The van der Waals surface area contributed by atoms with Crippen molar-refractivity contribution in [2.75, 3.05) is 22.4 Å². The average molecular weight is 416 g/mol. The molecule has 0 atom stereocenters. The van der Waals surface area contributed by atoms with Gasteiger partial charge in [0.15, 0.2) is 10.9 Å². The third-order valence-electron chi connectivity index (χ3n) is 4.91. The third-order valence-corrected chi connectivity index (χ3v) is 7.56. The Labute approximate surface area is 168 Å².